The highest BCUT2D eigenvalue weighted by Crippen LogP contribution is 2.59. The van der Waals surface area contributed by atoms with E-state index in [1.165, 1.54) is 6.07 Å². The van der Waals surface area contributed by atoms with Crippen molar-refractivity contribution < 1.29 is 14.3 Å². The lowest BCUT2D eigenvalue weighted by atomic mass is 10.1. The molecule has 2 rings (SSSR count). The maximum atomic E-state index is 12.6. The van der Waals surface area contributed by atoms with Gasteiger partial charge in [-0.1, -0.05) is 67.2 Å². The molecule has 0 bridgehead atoms. The van der Waals surface area contributed by atoms with E-state index >= 15 is 0 Å². The van der Waals surface area contributed by atoms with Crippen molar-refractivity contribution in [1.82, 2.24) is 5.32 Å². The van der Waals surface area contributed by atoms with Gasteiger partial charge in [0.2, 0.25) is 5.91 Å². The summed E-state index contributed by atoms with van der Waals surface area (Å²) in [6.07, 6.45) is 1.65. The van der Waals surface area contributed by atoms with Crippen molar-refractivity contribution in [3.63, 3.8) is 0 Å². The van der Waals surface area contributed by atoms with Crippen LogP contribution in [0.15, 0.2) is 28.8 Å². The van der Waals surface area contributed by atoms with Crippen molar-refractivity contribution in [3.05, 3.63) is 38.8 Å². The molecular formula is C19H22Cl4N2O3. The van der Waals surface area contributed by atoms with E-state index in [1.54, 1.807) is 18.2 Å². The zero-order valence-corrected chi connectivity index (χ0v) is 18.7. The molecule has 0 saturated heterocycles. The third-order valence-electron chi connectivity index (χ3n) is 4.92. The minimum Gasteiger partial charge on any atom is -0.447 e. The van der Waals surface area contributed by atoms with Crippen LogP contribution in [-0.2, 0) is 9.53 Å². The summed E-state index contributed by atoms with van der Waals surface area (Å²) in [7, 11) is 0. The number of amides is 2. The predicted molar refractivity (Wildman–Crippen MR) is 114 cm³/mol. The fourth-order valence-corrected chi connectivity index (χ4v) is 3.65. The number of ether oxygens (including phenoxy) is 1. The van der Waals surface area contributed by atoms with Crippen molar-refractivity contribution in [2.24, 2.45) is 17.3 Å². The second-order valence-electron chi connectivity index (χ2n) is 7.25. The van der Waals surface area contributed by atoms with E-state index in [4.69, 9.17) is 51.1 Å². The summed E-state index contributed by atoms with van der Waals surface area (Å²) in [5, 5.41) is 6.21. The van der Waals surface area contributed by atoms with Crippen molar-refractivity contribution in [2.45, 2.75) is 33.2 Å². The molecule has 1 fully saturated rings. The van der Waals surface area contributed by atoms with Gasteiger partial charge in [0.05, 0.1) is 22.0 Å². The molecule has 28 heavy (non-hydrogen) atoms. The Morgan fingerprint density at radius 3 is 2.50 bits per heavy atom. The molecule has 2 amide bonds. The van der Waals surface area contributed by atoms with Crippen LogP contribution in [0, 0.1) is 17.3 Å². The maximum absolute atomic E-state index is 12.6. The number of allylic oxidation sites excluding steroid dienone is 1. The lowest BCUT2D eigenvalue weighted by Crippen LogP contribution is -2.40. The Hall–Kier alpha value is -1.14. The second-order valence-corrected chi connectivity index (χ2v) is 9.07. The average molecular weight is 468 g/mol. The molecule has 1 aliphatic rings. The van der Waals surface area contributed by atoms with Crippen LogP contribution in [0.3, 0.4) is 0 Å². The first-order valence-corrected chi connectivity index (χ1v) is 10.3. The predicted octanol–water partition coefficient (Wildman–Crippen LogP) is 6.03. The molecule has 0 radical (unpaired) electrons. The molecule has 0 spiro atoms. The molecule has 9 heteroatoms. The minimum atomic E-state index is -0.646. The van der Waals surface area contributed by atoms with E-state index in [9.17, 15) is 9.59 Å². The van der Waals surface area contributed by atoms with Crippen LogP contribution in [0.25, 0.3) is 0 Å². The summed E-state index contributed by atoms with van der Waals surface area (Å²) in [5.41, 5.74) is 0.243. The quantitative estimate of drug-likeness (QED) is 0.514. The fraction of sp³-hybridized carbons (Fsp3) is 0.474. The van der Waals surface area contributed by atoms with Crippen molar-refractivity contribution in [2.75, 3.05) is 11.9 Å². The molecule has 5 nitrogen and oxygen atoms in total. The number of carbonyl (C=O) groups is 2. The molecule has 1 aromatic carbocycles. The summed E-state index contributed by atoms with van der Waals surface area (Å²) < 4.78 is 5.37. The molecule has 0 aliphatic heterocycles. The van der Waals surface area contributed by atoms with Gasteiger partial charge in [0.1, 0.15) is 11.1 Å². The highest BCUT2D eigenvalue weighted by atomic mass is 35.5. The zero-order chi connectivity index (χ0) is 21.1. The van der Waals surface area contributed by atoms with Crippen LogP contribution in [0.4, 0.5) is 10.5 Å². The van der Waals surface area contributed by atoms with Crippen LogP contribution < -0.4 is 10.6 Å². The number of nitrogens with one attached hydrogen (secondary N) is 2. The van der Waals surface area contributed by atoms with E-state index in [2.05, 4.69) is 10.6 Å². The van der Waals surface area contributed by atoms with Gasteiger partial charge in [-0.2, -0.15) is 0 Å². The maximum Gasteiger partial charge on any atom is 0.411 e. The fourth-order valence-electron chi connectivity index (χ4n) is 3.08. The molecule has 154 valence electrons. The van der Waals surface area contributed by atoms with Gasteiger partial charge < -0.3 is 10.1 Å². The molecular weight excluding hydrogens is 446 g/mol. The Kier molecular flexibility index (Phi) is 7.91. The molecule has 1 aliphatic carbocycles. The summed E-state index contributed by atoms with van der Waals surface area (Å²) in [6.45, 7) is 5.91. The standard InChI is InChI=1S/C19H22Cl4N2O3/c1-4-10(24-17(26)16-12(8-15(22)23)19(16,2)3)9-28-18(27)25-11-5-6-13(20)14(21)7-11/h5-8,10,12,16H,4,9H2,1-3H3,(H,24,26)(H,25,27)/t10-,12-,16-/m0/s1. The lowest BCUT2D eigenvalue weighted by molar-refractivity contribution is -0.124. The Morgan fingerprint density at radius 1 is 1.25 bits per heavy atom. The molecule has 1 saturated carbocycles. The third kappa shape index (κ3) is 5.93. The van der Waals surface area contributed by atoms with E-state index < -0.39 is 6.09 Å². The molecule has 2 N–H and O–H groups in total. The van der Waals surface area contributed by atoms with E-state index in [1.807, 2.05) is 20.8 Å². The molecule has 1 aromatic rings. The van der Waals surface area contributed by atoms with Crippen LogP contribution in [-0.4, -0.2) is 24.6 Å². The van der Waals surface area contributed by atoms with E-state index in [0.717, 1.165) is 0 Å². The van der Waals surface area contributed by atoms with Crippen LogP contribution in [0.1, 0.15) is 27.2 Å². The van der Waals surface area contributed by atoms with E-state index in [0.29, 0.717) is 22.2 Å². The van der Waals surface area contributed by atoms with Gasteiger partial charge in [-0.3, -0.25) is 10.1 Å². The highest BCUT2D eigenvalue weighted by molar-refractivity contribution is 6.55. The van der Waals surface area contributed by atoms with E-state index in [-0.39, 0.29) is 40.3 Å². The first kappa shape index (κ1) is 23.1. The van der Waals surface area contributed by atoms with Gasteiger partial charge >= 0.3 is 6.09 Å². The Morgan fingerprint density at radius 2 is 1.93 bits per heavy atom. The number of anilines is 1. The smallest absolute Gasteiger partial charge is 0.411 e. The summed E-state index contributed by atoms with van der Waals surface area (Å²) in [5.74, 6) is -0.353. The average Bonchev–Trinajstić information content (AvgIpc) is 3.14. The number of benzene rings is 1. The highest BCUT2D eigenvalue weighted by Gasteiger charge is 2.60. The van der Waals surface area contributed by atoms with Crippen LogP contribution >= 0.6 is 46.4 Å². The Bertz CT molecular complexity index is 778. The first-order chi connectivity index (χ1) is 13.1. The number of halogens is 4. The second kappa shape index (κ2) is 9.57. The minimum absolute atomic E-state index is 0.0196. The normalized spacial score (nSPS) is 20.7. The van der Waals surface area contributed by atoms with Crippen molar-refractivity contribution >= 4 is 64.1 Å². The van der Waals surface area contributed by atoms with Gasteiger partial charge in [-0.25, -0.2) is 4.79 Å². The molecule has 0 heterocycles. The number of hydrogen-bond acceptors (Lipinski definition) is 3. The third-order valence-corrected chi connectivity index (χ3v) is 5.91. The molecule has 3 atom stereocenters. The van der Waals surface area contributed by atoms with Gasteiger partial charge in [-0.05, 0) is 42.0 Å². The SMILES string of the molecule is CC[C@@H](COC(=O)Nc1ccc(Cl)c(Cl)c1)NC(=O)[C@@H]1[C@H](C=C(Cl)Cl)C1(C)C. The summed E-state index contributed by atoms with van der Waals surface area (Å²) in [6, 6.07) is 4.40. The summed E-state index contributed by atoms with van der Waals surface area (Å²) in [4.78, 5) is 24.6. The lowest BCUT2D eigenvalue weighted by Gasteiger charge is -2.18. The molecule has 0 aromatic heterocycles. The topological polar surface area (TPSA) is 67.4 Å². The van der Waals surface area contributed by atoms with Crippen molar-refractivity contribution in [3.8, 4) is 0 Å². The van der Waals surface area contributed by atoms with Gasteiger partial charge in [-0.15, -0.1) is 0 Å². The number of rotatable bonds is 7. The van der Waals surface area contributed by atoms with Crippen LogP contribution in [0.5, 0.6) is 0 Å². The van der Waals surface area contributed by atoms with Gasteiger partial charge in [0, 0.05) is 5.69 Å². The van der Waals surface area contributed by atoms with Crippen LogP contribution in [0.2, 0.25) is 10.0 Å². The molecule has 0 unspecified atom stereocenters. The number of hydrogen-bond donors (Lipinski definition) is 2. The zero-order valence-electron chi connectivity index (χ0n) is 15.7. The number of carbonyl (C=O) groups excluding carboxylic acids is 2. The largest absolute Gasteiger partial charge is 0.447 e. The monoisotopic (exact) mass is 466 g/mol. The van der Waals surface area contributed by atoms with Crippen molar-refractivity contribution in [1.29, 1.82) is 0 Å². The summed E-state index contributed by atoms with van der Waals surface area (Å²) >= 11 is 23.2. The first-order valence-electron chi connectivity index (χ1n) is 8.78. The van der Waals surface area contributed by atoms with Gasteiger partial charge in [0.25, 0.3) is 0 Å². The Labute approximate surface area is 184 Å². The van der Waals surface area contributed by atoms with Gasteiger partial charge in [0.15, 0.2) is 0 Å². The Balaban J connectivity index is 1.85.